The molecule has 1 aliphatic carbocycles. The van der Waals surface area contributed by atoms with Crippen molar-refractivity contribution in [3.8, 4) is 5.75 Å². The molecular weight excluding hydrogens is 2280 g/mol. The lowest BCUT2D eigenvalue weighted by atomic mass is 9.47. The largest absolute Gasteiger partial charge is 0.496 e. The Bertz CT molecular complexity index is 4490. The van der Waals surface area contributed by atoms with Crippen molar-refractivity contribution in [1.82, 2.24) is 56.3 Å². The van der Waals surface area contributed by atoms with E-state index >= 15 is 4.79 Å². The van der Waals surface area contributed by atoms with Crippen LogP contribution in [-0.4, -0.2) is 443 Å². The van der Waals surface area contributed by atoms with Gasteiger partial charge in [-0.05, 0) is 81.2 Å². The number of primary amides is 3. The Hall–Kier alpha value is -4.92. The molecule has 11 rings (SSSR count). The van der Waals surface area contributed by atoms with Crippen molar-refractivity contribution in [2.24, 2.45) is 38.9 Å². The summed E-state index contributed by atoms with van der Waals surface area (Å²) in [5.74, 6) is -0.255. The van der Waals surface area contributed by atoms with Crippen LogP contribution in [0.3, 0.4) is 0 Å². The summed E-state index contributed by atoms with van der Waals surface area (Å²) in [7, 11) is 3.65. The first-order valence-electron chi connectivity index (χ1n) is 43.9. The molecule has 138 heavy (non-hydrogen) atoms. The van der Waals surface area contributed by atoms with Gasteiger partial charge in [-0.1, -0.05) is 145 Å². The number of aliphatic hydroxyl groups excluding tert-OH is 13. The van der Waals surface area contributed by atoms with Gasteiger partial charge in [0.05, 0.1) is 75.4 Å². The maximum Gasteiger partial charge on any atom is 0.404 e. The number of imidazole rings is 1. The molecule has 790 valence electrons. The predicted octanol–water partition coefficient (Wildman–Crippen LogP) is 0.166. The molecule has 8 heterocycles. The number of hydrogen-bond donors (Lipinski definition) is 25. The van der Waals surface area contributed by atoms with Gasteiger partial charge in [0, 0.05) is 207 Å². The number of amides is 5. The minimum absolute atomic E-state index is 0. The number of esters is 1. The van der Waals surface area contributed by atoms with E-state index in [2.05, 4.69) is 164 Å². The van der Waals surface area contributed by atoms with Crippen molar-refractivity contribution in [2.45, 2.75) is 186 Å². The Balaban J connectivity index is 0.000000482. The van der Waals surface area contributed by atoms with Crippen molar-refractivity contribution < 1.29 is 137 Å². The van der Waals surface area contributed by atoms with Crippen LogP contribution in [0.25, 0.3) is 10.9 Å². The molecule has 4 fully saturated rings. The van der Waals surface area contributed by atoms with E-state index in [1.54, 1.807) is 28.1 Å². The van der Waals surface area contributed by atoms with Crippen LogP contribution in [0.15, 0.2) is 65.2 Å². The summed E-state index contributed by atoms with van der Waals surface area (Å²) in [6.45, 7) is 13.3. The Morgan fingerprint density at radius 2 is 1.19 bits per heavy atom. The maximum atomic E-state index is 15.2. The van der Waals surface area contributed by atoms with Crippen LogP contribution in [0, 0.1) is 11.3 Å². The number of nitrogens with one attached hydrogen (secondary N) is 4. The Kier molecular flexibility index (Phi) is 55.5. The normalized spacial score (nSPS) is 25.3. The fourth-order valence-electron chi connectivity index (χ4n) is 18.2. The number of carbonyl (C=O) groups excluding carboxylic acids is 6. The summed E-state index contributed by atoms with van der Waals surface area (Å²) in [5, 5.41) is 166. The molecule has 4 aromatic rings. The standard InChI is InChI=1S/C43H55N5O7.C10H16Br2N2O2.C10H22Cl2N2O4.2C6H12Br2O4.C6H10N6O.C3H7NO2.H3N.H2O4S/c1-6-39(52)21-25-22-42(38(51)55-5,33-27(13-17-47(23-25)24-39)26-11-8-9-12-30(26)45-33)29-19-28-31(20-32(29)54-4)46(3)35-41(28)15-18-48-16-10-14-40(7-2,34(41)48)36(49)43(35,53)37(44)50;11-3-1-9(15)13-5-7-14(8-6-13)10(16)2-4-12;11-1-3-13-5-7(15)9(17)10(18)8(16)6-14-4-2-12;2*7-1-3(9)5(11)6(12)4(10)2-8;1-12(2)11-10-6-4(5(7)13)8-3-9-6;1-2-6-3(4)5;;1-5(2,3)4/h8-12,14,19-20,25,34-36,45,49,52-53H,6-7,13,15-18,21-24H2,1-5H3,(H2,44,50);1-8H2;7-10,13-18H,1-6H2;2*3-6,9-12H,1-2H2;3H,1-2H3,(H2,7,13)(H,8,9);2H2,1H3,(H2,4,5);1H3;(H2,1,2,3,4)/b;;;;;11-10+;;;/t25-,34+,35-,36-,39+,40-,41-,42+,43+;;7-,8-,9-,10-;3-,4-,5-,6-;;;;;/m1.11...../s1. The molecule has 5 amide bonds. The summed E-state index contributed by atoms with van der Waals surface area (Å²) < 4.78 is 48.0. The Morgan fingerprint density at radius 3 is 1.60 bits per heavy atom. The van der Waals surface area contributed by atoms with Crippen LogP contribution in [0.4, 0.5) is 16.3 Å². The molecule has 0 radical (unpaired) electrons. The molecule has 4 unspecified atom stereocenters. The molecule has 2 bridgehead atoms. The van der Waals surface area contributed by atoms with E-state index in [1.165, 1.54) is 18.4 Å². The highest BCUT2D eigenvalue weighted by Gasteiger charge is 2.78. The molecule has 1 spiro atoms. The van der Waals surface area contributed by atoms with Crippen molar-refractivity contribution >= 4 is 187 Å². The van der Waals surface area contributed by atoms with Gasteiger partial charge in [0.15, 0.2) is 17.1 Å². The van der Waals surface area contributed by atoms with Crippen LogP contribution < -0.4 is 43.6 Å². The topological polar surface area (TPSA) is 734 Å². The van der Waals surface area contributed by atoms with E-state index in [0.717, 1.165) is 46.5 Å². The predicted molar refractivity (Wildman–Crippen MR) is 538 cm³/mol. The van der Waals surface area contributed by atoms with E-state index in [1.807, 2.05) is 72.0 Å². The van der Waals surface area contributed by atoms with Gasteiger partial charge in [-0.25, -0.2) is 9.78 Å². The van der Waals surface area contributed by atoms with Crippen LogP contribution >= 0.6 is 119 Å². The van der Waals surface area contributed by atoms with Crippen molar-refractivity contribution in [3.63, 3.8) is 0 Å². The molecule has 1 saturated carbocycles. The zero-order valence-corrected chi connectivity index (χ0v) is 90.0. The first-order valence-corrected chi connectivity index (χ1v) is 53.0. The van der Waals surface area contributed by atoms with Crippen molar-refractivity contribution in [2.75, 3.05) is 176 Å². The number of para-hydroxylation sites is 1. The highest BCUT2D eigenvalue weighted by Crippen LogP contribution is 2.68. The SMILES string of the molecule is CCOC(N)=O.CC[C@]1(O)C[C@H]2C[N@](CCc3c([nH]c4ccccc34)[C@@](C(=O)OC)(c3cc4c(cc3OC)N(C)[C@H]3[C@@](O)(C(N)=O)[C@H](O)[C@]5(CC)C=CCN6CC[C@]43[C@@H]65)C2)C1.CN(C)/N=N/c1[nH]cnc1C(N)=O.N.O=C(CCBr)N1CCN(C(=O)CCBr)CC1.O=S(=O)(O)O.OC(CBr)C(O)C(O)C(O)CBr.O[C@@H]([C@H](O)[C@H](O)CBr)[C@H](O)CBr.O[C@@H]([C@H](O)[C@H](O)CNCCCl)[C@H](O)CNCCCl. The number of piperidine rings is 1. The van der Waals surface area contributed by atoms with E-state index in [4.69, 9.17) is 82.1 Å². The number of carbonyl (C=O) groups is 6. The second kappa shape index (κ2) is 60.2. The number of anilines is 1. The number of alkyl halides is 8. The number of aromatic nitrogens is 3. The monoisotopic (exact) mass is 2410 g/mol. The number of aromatic amines is 2. The number of methoxy groups -OCH3 is 2. The summed E-state index contributed by atoms with van der Waals surface area (Å²) in [6, 6.07) is 11.0. The highest BCUT2D eigenvalue weighted by atomic mass is 79.9. The van der Waals surface area contributed by atoms with Gasteiger partial charge in [-0.15, -0.1) is 28.3 Å². The quantitative estimate of drug-likeness (QED) is 0.00555. The number of rotatable bonds is 35. The lowest BCUT2D eigenvalue weighted by molar-refractivity contribution is -0.201. The van der Waals surface area contributed by atoms with Gasteiger partial charge < -0.3 is 149 Å². The molecule has 6 aliphatic heterocycles. The molecular formula is C84H139Br6Cl2N17O28S. The second-order valence-corrected chi connectivity index (χ2v) is 39.4. The van der Waals surface area contributed by atoms with Gasteiger partial charge in [0.2, 0.25) is 11.8 Å². The van der Waals surface area contributed by atoms with Crippen molar-refractivity contribution in [1.29, 1.82) is 0 Å². The number of ether oxygens (including phenoxy) is 3. The molecule has 54 heteroatoms. The van der Waals surface area contributed by atoms with E-state index in [0.29, 0.717) is 151 Å². The van der Waals surface area contributed by atoms with E-state index in [9.17, 15) is 80.1 Å². The average molecular weight is 2420 g/mol. The number of piperazine rings is 1. The zero-order valence-electron chi connectivity index (χ0n) is 78.1. The molecule has 2 aromatic heterocycles. The van der Waals surface area contributed by atoms with Crippen LogP contribution in [0.5, 0.6) is 5.75 Å². The summed E-state index contributed by atoms with van der Waals surface area (Å²) >= 11 is 29.1. The van der Waals surface area contributed by atoms with Crippen LogP contribution in [0.2, 0.25) is 0 Å². The Morgan fingerprint density at radius 1 is 0.696 bits per heavy atom. The maximum absolute atomic E-state index is 15.2. The lowest BCUT2D eigenvalue weighted by Crippen LogP contribution is -2.81. The fourth-order valence-corrected chi connectivity index (χ4v) is 20.6. The third kappa shape index (κ3) is 33.0. The van der Waals surface area contributed by atoms with E-state index < -0.39 is 147 Å². The fraction of sp³-hybridized carbons (Fsp3) is 0.702. The van der Waals surface area contributed by atoms with Crippen LogP contribution in [0.1, 0.15) is 98.6 Å². The number of benzene rings is 2. The molecule has 2 aromatic carbocycles. The number of fused-ring (bicyclic) bond motifs is 6. The first-order chi connectivity index (χ1) is 64.5. The number of hydrogen-bond acceptors (Lipinski definition) is 35. The zero-order chi connectivity index (χ0) is 104. The number of nitrogens with zero attached hydrogens (tertiary/aromatic N) is 9. The highest BCUT2D eigenvalue weighted by molar-refractivity contribution is 9.10. The summed E-state index contributed by atoms with van der Waals surface area (Å²) in [5.41, 5.74) is 14.4. The summed E-state index contributed by atoms with van der Waals surface area (Å²) in [6.07, 6.45) is -7.38. The number of aliphatic hydroxyl groups is 15. The van der Waals surface area contributed by atoms with Gasteiger partial charge in [0.25, 0.3) is 11.8 Å². The number of halogens is 8. The third-order valence-electron chi connectivity index (χ3n) is 24.6. The third-order valence-corrected chi connectivity index (χ3v) is 28.4. The number of nitrogens with two attached hydrogens (primary N) is 3. The van der Waals surface area contributed by atoms with Gasteiger partial charge in [0.1, 0.15) is 53.9 Å². The molecule has 30 N–H and O–H groups in total. The summed E-state index contributed by atoms with van der Waals surface area (Å²) in [4.78, 5) is 92.8. The minimum Gasteiger partial charge on any atom is -0.496 e. The minimum atomic E-state index is -4.67. The van der Waals surface area contributed by atoms with E-state index in [-0.39, 0.29) is 75.8 Å². The van der Waals surface area contributed by atoms with Crippen molar-refractivity contribution in [3.05, 3.63) is 83.0 Å². The Labute approximate surface area is 863 Å². The second-order valence-electron chi connectivity index (χ2n) is 33.6. The van der Waals surface area contributed by atoms with Gasteiger partial charge in [-0.3, -0.25) is 47.9 Å². The average Bonchev–Trinajstić information content (AvgIpc) is 1.49. The number of H-pyrrole nitrogens is 2. The molecule has 45 nitrogen and oxygen atoms in total. The smallest absolute Gasteiger partial charge is 0.404 e. The molecule has 7 aliphatic rings. The molecule has 3 saturated heterocycles. The van der Waals surface area contributed by atoms with Gasteiger partial charge in [-0.2, -0.15) is 8.42 Å². The molecule has 22 atom stereocenters. The first kappa shape index (κ1) is 127. The van der Waals surface area contributed by atoms with Crippen LogP contribution in [-0.2, 0) is 56.3 Å². The van der Waals surface area contributed by atoms with Gasteiger partial charge >= 0.3 is 22.5 Å². The number of likely N-dealkylation sites (N-methyl/N-ethyl adjacent to an activating group) is 1. The lowest BCUT2D eigenvalue weighted by Gasteiger charge is -2.63.